The molecule has 0 saturated heterocycles. The molecule has 144 valence electrons. The summed E-state index contributed by atoms with van der Waals surface area (Å²) in [5.41, 5.74) is 0. The van der Waals surface area contributed by atoms with Crippen LogP contribution in [0.25, 0.3) is 0 Å². The lowest BCUT2D eigenvalue weighted by atomic mass is 10.2. The van der Waals surface area contributed by atoms with Crippen LogP contribution in [0.3, 0.4) is 0 Å². The topological polar surface area (TPSA) is 64.6 Å². The van der Waals surface area contributed by atoms with Crippen LogP contribution in [-0.2, 0) is 14.3 Å². The quantitative estimate of drug-likeness (QED) is 0.268. The number of carbonyl (C=O) groups excluding carboxylic acids is 2. The van der Waals surface area contributed by atoms with Crippen LogP contribution in [0.5, 0.6) is 0 Å². The molecule has 6 heteroatoms. The lowest BCUT2D eigenvalue weighted by molar-refractivity contribution is -0.887. The molecule has 0 aromatic carbocycles. The Morgan fingerprint density at radius 2 is 1.50 bits per heavy atom. The molecule has 0 aliphatic heterocycles. The zero-order chi connectivity index (χ0) is 18.8. The van der Waals surface area contributed by atoms with Gasteiger partial charge in [0.15, 0.2) is 0 Å². The highest BCUT2D eigenvalue weighted by molar-refractivity contribution is 5.69. The van der Waals surface area contributed by atoms with Crippen LogP contribution in [0.4, 0.5) is 4.79 Å². The minimum Gasteiger partial charge on any atom is -0.464 e. The first-order valence-corrected chi connectivity index (χ1v) is 9.13. The van der Waals surface area contributed by atoms with Gasteiger partial charge in [-0.15, -0.1) is 0 Å². The number of ether oxygens (including phenoxy) is 2. The molecule has 0 aliphatic rings. The molecule has 24 heavy (non-hydrogen) atoms. The maximum atomic E-state index is 11.3. The second-order valence-corrected chi connectivity index (χ2v) is 6.81. The van der Waals surface area contributed by atoms with Gasteiger partial charge >= 0.3 is 12.1 Å². The largest absolute Gasteiger partial charge is 0.464 e. The Morgan fingerprint density at radius 1 is 0.875 bits per heavy atom. The predicted molar refractivity (Wildman–Crippen MR) is 97.7 cm³/mol. The van der Waals surface area contributed by atoms with Crippen molar-refractivity contribution in [1.29, 1.82) is 0 Å². The van der Waals surface area contributed by atoms with Crippen molar-refractivity contribution in [2.45, 2.75) is 65.7 Å². The SMILES string of the molecule is CCCC.CCCCCCC(=O)OCCNC(=O)OC[N+](C)(C)C. The fraction of sp³-hybridized carbons (Fsp3) is 0.889. The highest BCUT2D eigenvalue weighted by Crippen LogP contribution is 2.03. The second-order valence-electron chi connectivity index (χ2n) is 6.81. The molecule has 0 aliphatic carbocycles. The zero-order valence-electron chi connectivity index (χ0n) is 16.7. The summed E-state index contributed by atoms with van der Waals surface area (Å²) in [7, 11) is 5.77. The van der Waals surface area contributed by atoms with Crippen molar-refractivity contribution < 1.29 is 23.5 Å². The van der Waals surface area contributed by atoms with Crippen molar-refractivity contribution >= 4 is 12.1 Å². The Balaban J connectivity index is 0. The Labute approximate surface area is 148 Å². The second kappa shape index (κ2) is 16.6. The van der Waals surface area contributed by atoms with E-state index in [1.54, 1.807) is 0 Å². The average Bonchev–Trinajstić information content (AvgIpc) is 2.53. The van der Waals surface area contributed by atoms with Crippen molar-refractivity contribution in [2.24, 2.45) is 0 Å². The van der Waals surface area contributed by atoms with E-state index in [-0.39, 0.29) is 19.1 Å². The molecule has 0 heterocycles. The number of nitrogens with one attached hydrogen (secondary N) is 1. The van der Waals surface area contributed by atoms with Gasteiger partial charge in [-0.1, -0.05) is 52.9 Å². The van der Waals surface area contributed by atoms with Gasteiger partial charge in [-0.3, -0.25) is 9.28 Å². The molecule has 0 unspecified atom stereocenters. The van der Waals surface area contributed by atoms with Gasteiger partial charge in [0.2, 0.25) is 6.73 Å². The van der Waals surface area contributed by atoms with Crippen molar-refractivity contribution in [3.63, 3.8) is 0 Å². The zero-order valence-corrected chi connectivity index (χ0v) is 16.7. The molecular weight excluding hydrogens is 308 g/mol. The molecule has 0 atom stereocenters. The summed E-state index contributed by atoms with van der Waals surface area (Å²) >= 11 is 0. The van der Waals surface area contributed by atoms with Crippen LogP contribution >= 0.6 is 0 Å². The van der Waals surface area contributed by atoms with Crippen LogP contribution < -0.4 is 5.32 Å². The van der Waals surface area contributed by atoms with Gasteiger partial charge in [-0.2, -0.15) is 0 Å². The fourth-order valence-corrected chi connectivity index (χ4v) is 1.39. The number of hydrogen-bond acceptors (Lipinski definition) is 4. The first-order valence-electron chi connectivity index (χ1n) is 9.13. The summed E-state index contributed by atoms with van der Waals surface area (Å²) in [6, 6.07) is 0. The molecule has 0 aromatic heterocycles. The average molecular weight is 348 g/mol. The smallest absolute Gasteiger partial charge is 0.411 e. The first-order chi connectivity index (χ1) is 11.3. The number of esters is 1. The molecule has 0 aromatic rings. The number of amides is 1. The molecule has 0 radical (unpaired) electrons. The van der Waals surface area contributed by atoms with Gasteiger partial charge in [-0.25, -0.2) is 4.79 Å². The summed E-state index contributed by atoms with van der Waals surface area (Å²) < 4.78 is 10.5. The number of unbranched alkanes of at least 4 members (excludes halogenated alkanes) is 4. The van der Waals surface area contributed by atoms with Crippen LogP contribution in [-0.4, -0.2) is 57.6 Å². The van der Waals surface area contributed by atoms with E-state index in [0.29, 0.717) is 17.6 Å². The predicted octanol–water partition coefficient (Wildman–Crippen LogP) is 3.70. The van der Waals surface area contributed by atoms with Crippen LogP contribution in [0.15, 0.2) is 0 Å². The summed E-state index contributed by atoms with van der Waals surface area (Å²) in [4.78, 5) is 22.6. The van der Waals surface area contributed by atoms with Crippen LogP contribution in [0.2, 0.25) is 0 Å². The van der Waals surface area contributed by atoms with E-state index in [0.717, 1.165) is 25.7 Å². The van der Waals surface area contributed by atoms with Gasteiger partial charge < -0.3 is 14.8 Å². The van der Waals surface area contributed by atoms with E-state index < -0.39 is 6.09 Å². The third kappa shape index (κ3) is 23.0. The maximum absolute atomic E-state index is 11.3. The van der Waals surface area contributed by atoms with Crippen molar-refractivity contribution in [2.75, 3.05) is 41.0 Å². The maximum Gasteiger partial charge on any atom is 0.411 e. The first kappa shape index (κ1) is 24.9. The number of rotatable bonds is 11. The summed E-state index contributed by atoms with van der Waals surface area (Å²) in [6.45, 7) is 7.24. The number of quaternary nitrogens is 1. The summed E-state index contributed by atoms with van der Waals surface area (Å²) in [5.74, 6) is -0.206. The molecular formula is C18H39N2O4+. The number of carbonyl (C=O) groups is 2. The van der Waals surface area contributed by atoms with Crippen molar-refractivity contribution in [1.82, 2.24) is 5.32 Å². The van der Waals surface area contributed by atoms with E-state index in [9.17, 15) is 9.59 Å². The van der Waals surface area contributed by atoms with E-state index in [4.69, 9.17) is 9.47 Å². The minimum absolute atomic E-state index is 0.187. The standard InChI is InChI=1S/C14H28N2O4.C4H10/c1-5-6-7-8-9-13(17)19-11-10-15-14(18)20-12-16(2,3)4;1-3-4-2/h5-12H2,1-4H3;3-4H2,1-2H3/p+1. The van der Waals surface area contributed by atoms with Crippen LogP contribution in [0, 0.1) is 0 Å². The van der Waals surface area contributed by atoms with Gasteiger partial charge in [0.1, 0.15) is 6.61 Å². The fourth-order valence-electron chi connectivity index (χ4n) is 1.39. The normalized spacial score (nSPS) is 10.4. The van der Waals surface area contributed by atoms with E-state index in [2.05, 4.69) is 26.1 Å². The number of nitrogens with zero attached hydrogens (tertiary/aromatic N) is 1. The van der Waals surface area contributed by atoms with Crippen molar-refractivity contribution in [3.8, 4) is 0 Å². The molecule has 1 N–H and O–H groups in total. The molecule has 1 amide bonds. The Bertz CT molecular complexity index is 313. The molecule has 0 rings (SSSR count). The highest BCUT2D eigenvalue weighted by Gasteiger charge is 2.10. The molecule has 0 spiro atoms. The molecule has 0 bridgehead atoms. The Hall–Kier alpha value is -1.30. The highest BCUT2D eigenvalue weighted by atomic mass is 16.6. The minimum atomic E-state index is -0.489. The number of alkyl carbamates (subject to hydrolysis) is 1. The van der Waals surface area contributed by atoms with Gasteiger partial charge in [0, 0.05) is 6.42 Å². The van der Waals surface area contributed by atoms with E-state index in [1.807, 2.05) is 21.1 Å². The lowest BCUT2D eigenvalue weighted by Crippen LogP contribution is -2.40. The Morgan fingerprint density at radius 3 is 2.00 bits per heavy atom. The molecule has 0 fully saturated rings. The molecule has 6 nitrogen and oxygen atoms in total. The lowest BCUT2D eigenvalue weighted by Gasteiger charge is -2.22. The monoisotopic (exact) mass is 347 g/mol. The summed E-state index contributed by atoms with van der Waals surface area (Å²) in [6.07, 6.45) is 6.82. The Kier molecular flexibility index (Phi) is 17.2. The van der Waals surface area contributed by atoms with Gasteiger partial charge in [0.05, 0.1) is 27.7 Å². The third-order valence-corrected chi connectivity index (χ3v) is 2.95. The van der Waals surface area contributed by atoms with E-state index in [1.165, 1.54) is 12.8 Å². The van der Waals surface area contributed by atoms with Crippen molar-refractivity contribution in [3.05, 3.63) is 0 Å². The number of hydrogen-bond donors (Lipinski definition) is 1. The third-order valence-electron chi connectivity index (χ3n) is 2.95. The van der Waals surface area contributed by atoms with Crippen LogP contribution in [0.1, 0.15) is 65.7 Å². The molecule has 0 saturated carbocycles. The summed E-state index contributed by atoms with van der Waals surface area (Å²) in [5, 5.41) is 2.54. The van der Waals surface area contributed by atoms with Gasteiger partial charge in [-0.05, 0) is 6.42 Å². The van der Waals surface area contributed by atoms with E-state index >= 15 is 0 Å². The van der Waals surface area contributed by atoms with Gasteiger partial charge in [0.25, 0.3) is 0 Å².